The van der Waals surface area contributed by atoms with Gasteiger partial charge in [-0.15, -0.1) is 0 Å². The predicted molar refractivity (Wildman–Crippen MR) is 92.9 cm³/mol. The lowest BCUT2D eigenvalue weighted by Crippen LogP contribution is -2.56. The molecule has 1 heterocycles. The molecule has 7 nitrogen and oxygen atoms in total. The lowest BCUT2D eigenvalue weighted by Gasteiger charge is -2.32. The van der Waals surface area contributed by atoms with Gasteiger partial charge in [-0.2, -0.15) is 23.3 Å². The highest BCUT2D eigenvalue weighted by molar-refractivity contribution is 6.30. The minimum absolute atomic E-state index is 0.0435. The van der Waals surface area contributed by atoms with E-state index in [0.717, 1.165) is 24.3 Å². The summed E-state index contributed by atoms with van der Waals surface area (Å²) in [6, 6.07) is 9.63. The molecule has 146 valence electrons. The number of hydrazone groups is 1. The SMILES string of the molecule is O=C(c1ccc([N+](=O)[O-])cc1)N1N=C(c2ccc(Cl)cc2)CC1(O)C(F)(F)F. The Morgan fingerprint density at radius 3 is 2.25 bits per heavy atom. The first-order valence-electron chi connectivity index (χ1n) is 7.74. The topological polar surface area (TPSA) is 96.0 Å². The number of nitrogens with zero attached hydrogens (tertiary/aromatic N) is 3. The molecule has 0 bridgehead atoms. The Balaban J connectivity index is 2.01. The summed E-state index contributed by atoms with van der Waals surface area (Å²) in [7, 11) is 0. The number of alkyl halides is 3. The van der Waals surface area contributed by atoms with Gasteiger partial charge >= 0.3 is 6.18 Å². The number of hydrogen-bond donors (Lipinski definition) is 1. The van der Waals surface area contributed by atoms with Crippen molar-refractivity contribution in [3.05, 3.63) is 74.8 Å². The summed E-state index contributed by atoms with van der Waals surface area (Å²) in [6.45, 7) is 0. The van der Waals surface area contributed by atoms with Crippen LogP contribution in [0.2, 0.25) is 5.02 Å². The van der Waals surface area contributed by atoms with Crippen LogP contribution >= 0.6 is 11.6 Å². The van der Waals surface area contributed by atoms with Gasteiger partial charge < -0.3 is 5.11 Å². The summed E-state index contributed by atoms with van der Waals surface area (Å²) in [5, 5.41) is 25.0. The van der Waals surface area contributed by atoms with Crippen molar-refractivity contribution < 1.29 is 28.0 Å². The van der Waals surface area contributed by atoms with Crippen molar-refractivity contribution in [2.45, 2.75) is 18.3 Å². The van der Waals surface area contributed by atoms with Crippen molar-refractivity contribution in [1.29, 1.82) is 0 Å². The minimum atomic E-state index is -5.19. The van der Waals surface area contributed by atoms with Crippen molar-refractivity contribution in [2.24, 2.45) is 5.10 Å². The second kappa shape index (κ2) is 6.88. The highest BCUT2D eigenvalue weighted by atomic mass is 35.5. The summed E-state index contributed by atoms with van der Waals surface area (Å²) >= 11 is 5.76. The van der Waals surface area contributed by atoms with E-state index in [0.29, 0.717) is 5.02 Å². The molecule has 28 heavy (non-hydrogen) atoms. The lowest BCUT2D eigenvalue weighted by atomic mass is 10.0. The number of carbonyl (C=O) groups is 1. The van der Waals surface area contributed by atoms with Gasteiger partial charge in [0, 0.05) is 22.7 Å². The van der Waals surface area contributed by atoms with Crippen LogP contribution in [0.1, 0.15) is 22.3 Å². The van der Waals surface area contributed by atoms with Crippen molar-refractivity contribution >= 4 is 28.9 Å². The molecule has 2 aromatic carbocycles. The smallest absolute Gasteiger partial charge is 0.362 e. The molecule has 0 saturated heterocycles. The fourth-order valence-corrected chi connectivity index (χ4v) is 2.76. The lowest BCUT2D eigenvalue weighted by molar-refractivity contribution is -0.384. The van der Waals surface area contributed by atoms with Crippen LogP contribution in [0, 0.1) is 10.1 Å². The van der Waals surface area contributed by atoms with Crippen molar-refractivity contribution in [2.75, 3.05) is 0 Å². The molecular formula is C17H11ClF3N3O4. The third-order valence-corrected chi connectivity index (χ3v) is 4.39. The third-order valence-electron chi connectivity index (χ3n) is 4.13. The van der Waals surface area contributed by atoms with Gasteiger partial charge in [0.05, 0.1) is 17.1 Å². The molecule has 3 rings (SSSR count). The molecule has 2 aromatic rings. The molecule has 1 unspecified atom stereocenters. The average molecular weight is 414 g/mol. The van der Waals surface area contributed by atoms with E-state index in [1.807, 2.05) is 0 Å². The standard InChI is InChI=1S/C17H11ClF3N3O4/c18-12-5-1-10(2-6-12)14-9-16(26,17(19,20)21)23(22-14)15(25)11-3-7-13(8-4-11)24(27)28/h1-8,26H,9H2. The fourth-order valence-electron chi connectivity index (χ4n) is 2.63. The zero-order valence-corrected chi connectivity index (χ0v) is 14.6. The largest absolute Gasteiger partial charge is 0.438 e. The van der Waals surface area contributed by atoms with E-state index in [4.69, 9.17) is 11.6 Å². The van der Waals surface area contributed by atoms with E-state index in [-0.39, 0.29) is 27.5 Å². The Labute approximate surface area is 160 Å². The Bertz CT molecular complexity index is 961. The molecule has 1 N–H and O–H groups in total. The van der Waals surface area contributed by atoms with Gasteiger partial charge in [0.25, 0.3) is 17.3 Å². The van der Waals surface area contributed by atoms with Crippen LogP contribution in [0.15, 0.2) is 53.6 Å². The molecule has 1 amide bonds. The maximum Gasteiger partial charge on any atom is 0.438 e. The van der Waals surface area contributed by atoms with Crippen LogP contribution < -0.4 is 0 Å². The van der Waals surface area contributed by atoms with Gasteiger partial charge in [0.1, 0.15) is 0 Å². The summed E-state index contributed by atoms with van der Waals surface area (Å²) in [5.41, 5.74) is -4.09. The molecule has 0 saturated carbocycles. The van der Waals surface area contributed by atoms with Crippen molar-refractivity contribution in [3.63, 3.8) is 0 Å². The van der Waals surface area contributed by atoms with E-state index in [1.165, 1.54) is 24.3 Å². The summed E-state index contributed by atoms with van der Waals surface area (Å²) in [4.78, 5) is 22.6. The van der Waals surface area contributed by atoms with E-state index >= 15 is 0 Å². The first-order chi connectivity index (χ1) is 13.0. The van der Waals surface area contributed by atoms with Gasteiger partial charge in [0.2, 0.25) is 0 Å². The highest BCUT2D eigenvalue weighted by Crippen LogP contribution is 2.42. The maximum absolute atomic E-state index is 13.6. The van der Waals surface area contributed by atoms with Crippen molar-refractivity contribution in [1.82, 2.24) is 5.01 Å². The number of amides is 1. The molecule has 0 fully saturated rings. The summed E-state index contributed by atoms with van der Waals surface area (Å²) in [5.74, 6) is -1.25. The number of aliphatic hydroxyl groups is 1. The van der Waals surface area contributed by atoms with Crippen molar-refractivity contribution in [3.8, 4) is 0 Å². The van der Waals surface area contributed by atoms with E-state index in [2.05, 4.69) is 5.10 Å². The molecule has 11 heteroatoms. The summed E-state index contributed by atoms with van der Waals surface area (Å²) < 4.78 is 40.7. The molecule has 1 atom stereocenters. The molecule has 0 spiro atoms. The maximum atomic E-state index is 13.6. The van der Waals surface area contributed by atoms with Crippen LogP contribution in [-0.4, -0.2) is 38.6 Å². The summed E-state index contributed by atoms with van der Waals surface area (Å²) in [6.07, 6.45) is -6.17. The Hall–Kier alpha value is -2.98. The third kappa shape index (κ3) is 3.43. The van der Waals surface area contributed by atoms with E-state index < -0.39 is 29.2 Å². The number of nitro benzene ring substituents is 1. The molecule has 0 aliphatic carbocycles. The fraction of sp³-hybridized carbons (Fsp3) is 0.176. The predicted octanol–water partition coefficient (Wildman–Crippen LogP) is 3.75. The quantitative estimate of drug-likeness (QED) is 0.612. The van der Waals surface area contributed by atoms with E-state index in [1.54, 1.807) is 0 Å². The molecule has 1 aliphatic heterocycles. The molecule has 0 aromatic heterocycles. The molecular weight excluding hydrogens is 403 g/mol. The van der Waals surface area contributed by atoms with E-state index in [9.17, 15) is 33.2 Å². The van der Waals surface area contributed by atoms with Gasteiger partial charge in [-0.1, -0.05) is 23.7 Å². The zero-order valence-electron chi connectivity index (χ0n) is 13.9. The van der Waals surface area contributed by atoms with Gasteiger partial charge in [-0.25, -0.2) is 0 Å². The Morgan fingerprint density at radius 1 is 1.18 bits per heavy atom. The minimum Gasteiger partial charge on any atom is -0.362 e. The number of halogens is 4. The number of hydrogen-bond acceptors (Lipinski definition) is 5. The normalized spacial score (nSPS) is 19.5. The molecule has 0 radical (unpaired) electrons. The van der Waals surface area contributed by atoms with Crippen LogP contribution in [0.5, 0.6) is 0 Å². The second-order valence-electron chi connectivity index (χ2n) is 5.97. The second-order valence-corrected chi connectivity index (χ2v) is 6.40. The monoisotopic (exact) mass is 413 g/mol. The number of non-ortho nitro benzene ring substituents is 1. The average Bonchev–Trinajstić information content (AvgIpc) is 3.00. The first kappa shape index (κ1) is 19.8. The number of benzene rings is 2. The van der Waals surface area contributed by atoms with Crippen LogP contribution in [-0.2, 0) is 0 Å². The van der Waals surface area contributed by atoms with Crippen LogP contribution in [0.4, 0.5) is 18.9 Å². The Kier molecular flexibility index (Phi) is 4.86. The van der Waals surface area contributed by atoms with Gasteiger partial charge in [-0.3, -0.25) is 14.9 Å². The number of rotatable bonds is 3. The van der Waals surface area contributed by atoms with Gasteiger partial charge in [0.15, 0.2) is 0 Å². The number of nitro groups is 1. The zero-order chi connectivity index (χ0) is 20.7. The van der Waals surface area contributed by atoms with Crippen LogP contribution in [0.25, 0.3) is 0 Å². The highest BCUT2D eigenvalue weighted by Gasteiger charge is 2.63. The first-order valence-corrected chi connectivity index (χ1v) is 8.12. The number of carbonyl (C=O) groups excluding carboxylic acids is 1. The molecule has 1 aliphatic rings. The Morgan fingerprint density at radius 2 is 1.75 bits per heavy atom. The van der Waals surface area contributed by atoms with Gasteiger partial charge in [-0.05, 0) is 29.8 Å². The van der Waals surface area contributed by atoms with Crippen LogP contribution in [0.3, 0.4) is 0 Å².